The van der Waals surface area contributed by atoms with Crippen LogP contribution in [0.5, 0.6) is 11.5 Å². The second kappa shape index (κ2) is 5.61. The van der Waals surface area contributed by atoms with Crippen LogP contribution in [0.2, 0.25) is 0 Å². The number of nitrogens with zero attached hydrogens (tertiary/aromatic N) is 5. The van der Waals surface area contributed by atoms with Crippen molar-refractivity contribution in [3.63, 3.8) is 0 Å². The highest BCUT2D eigenvalue weighted by molar-refractivity contribution is 5.51. The fourth-order valence-corrected chi connectivity index (χ4v) is 3.69. The molecule has 1 saturated heterocycles. The summed E-state index contributed by atoms with van der Waals surface area (Å²) in [7, 11) is 0. The van der Waals surface area contributed by atoms with Gasteiger partial charge in [-0.15, -0.1) is 15.3 Å². The highest BCUT2D eigenvalue weighted by Gasteiger charge is 2.28. The molecule has 1 unspecified atom stereocenters. The summed E-state index contributed by atoms with van der Waals surface area (Å²) in [5.74, 6) is 3.42. The van der Waals surface area contributed by atoms with Crippen molar-refractivity contribution in [1.82, 2.24) is 19.8 Å². The lowest BCUT2D eigenvalue weighted by Gasteiger charge is -2.27. The Morgan fingerprint density at radius 3 is 2.84 bits per heavy atom. The van der Waals surface area contributed by atoms with E-state index in [9.17, 15) is 0 Å². The number of fused-ring (bicyclic) bond motifs is 2. The first kappa shape index (κ1) is 14.5. The lowest BCUT2D eigenvalue weighted by Crippen LogP contribution is -2.24. The first-order valence-corrected chi connectivity index (χ1v) is 8.65. The van der Waals surface area contributed by atoms with E-state index in [4.69, 9.17) is 14.6 Å². The van der Waals surface area contributed by atoms with E-state index >= 15 is 0 Å². The standard InChI is InChI=1S/C18H19N5O2/c1-12-19-20-17-6-7-18(21-23(12)17)22-8-2-3-14(22)13-4-5-15-16(11-13)25-10-9-24-15/h4-7,11,14H,2-3,8-10H2,1H3. The molecule has 2 aliphatic heterocycles. The predicted molar refractivity (Wildman–Crippen MR) is 92.3 cm³/mol. The summed E-state index contributed by atoms with van der Waals surface area (Å²) < 4.78 is 13.2. The quantitative estimate of drug-likeness (QED) is 0.716. The van der Waals surface area contributed by atoms with Gasteiger partial charge in [-0.1, -0.05) is 6.07 Å². The van der Waals surface area contributed by atoms with Crippen molar-refractivity contribution in [3.8, 4) is 11.5 Å². The van der Waals surface area contributed by atoms with Crippen LogP contribution in [0.15, 0.2) is 30.3 Å². The average Bonchev–Trinajstić information content (AvgIpc) is 3.28. The third-order valence-corrected chi connectivity index (χ3v) is 4.90. The van der Waals surface area contributed by atoms with Gasteiger partial charge in [-0.05, 0) is 49.6 Å². The predicted octanol–water partition coefficient (Wildman–Crippen LogP) is 2.55. The molecule has 7 heteroatoms. The van der Waals surface area contributed by atoms with Crippen LogP contribution in [0, 0.1) is 6.92 Å². The number of ether oxygens (including phenoxy) is 2. The third-order valence-electron chi connectivity index (χ3n) is 4.90. The monoisotopic (exact) mass is 337 g/mol. The summed E-state index contributed by atoms with van der Waals surface area (Å²) in [6, 6.07) is 10.6. The van der Waals surface area contributed by atoms with Crippen LogP contribution >= 0.6 is 0 Å². The van der Waals surface area contributed by atoms with E-state index in [-0.39, 0.29) is 6.04 Å². The molecule has 2 aromatic heterocycles. The average molecular weight is 337 g/mol. The van der Waals surface area contributed by atoms with Gasteiger partial charge >= 0.3 is 0 Å². The molecule has 0 aliphatic carbocycles. The van der Waals surface area contributed by atoms with Gasteiger partial charge in [0.2, 0.25) is 0 Å². The number of aromatic nitrogens is 4. The largest absolute Gasteiger partial charge is 0.486 e. The van der Waals surface area contributed by atoms with Crippen molar-refractivity contribution in [1.29, 1.82) is 0 Å². The van der Waals surface area contributed by atoms with Crippen LogP contribution in [0.1, 0.15) is 30.3 Å². The van der Waals surface area contributed by atoms with Crippen LogP contribution in [0.4, 0.5) is 5.82 Å². The fourth-order valence-electron chi connectivity index (χ4n) is 3.69. The Kier molecular flexibility index (Phi) is 3.26. The second-order valence-electron chi connectivity index (χ2n) is 6.46. The van der Waals surface area contributed by atoms with Crippen molar-refractivity contribution >= 4 is 11.5 Å². The summed E-state index contributed by atoms with van der Waals surface area (Å²) in [6.07, 6.45) is 2.24. The van der Waals surface area contributed by atoms with Gasteiger partial charge in [0, 0.05) is 6.54 Å². The van der Waals surface area contributed by atoms with E-state index < -0.39 is 0 Å². The molecule has 5 rings (SSSR count). The van der Waals surface area contributed by atoms with Crippen LogP contribution in [-0.4, -0.2) is 39.6 Å². The summed E-state index contributed by atoms with van der Waals surface area (Å²) in [5, 5.41) is 12.9. The highest BCUT2D eigenvalue weighted by Crippen LogP contribution is 2.39. The Bertz CT molecular complexity index is 938. The van der Waals surface area contributed by atoms with Crippen molar-refractivity contribution < 1.29 is 9.47 Å². The molecule has 0 N–H and O–H groups in total. The van der Waals surface area contributed by atoms with E-state index in [2.05, 4.69) is 27.2 Å². The molecule has 25 heavy (non-hydrogen) atoms. The Morgan fingerprint density at radius 1 is 1.04 bits per heavy atom. The van der Waals surface area contributed by atoms with Crippen molar-refractivity contribution in [2.45, 2.75) is 25.8 Å². The fraction of sp³-hybridized carbons (Fsp3) is 0.389. The Labute approximate surface area is 145 Å². The maximum Gasteiger partial charge on any atom is 0.178 e. The zero-order valence-corrected chi connectivity index (χ0v) is 14.1. The molecule has 0 radical (unpaired) electrons. The van der Waals surface area contributed by atoms with Gasteiger partial charge in [0.15, 0.2) is 23.0 Å². The van der Waals surface area contributed by atoms with Gasteiger partial charge in [0.25, 0.3) is 0 Å². The number of hydrogen-bond donors (Lipinski definition) is 0. The van der Waals surface area contributed by atoms with Gasteiger partial charge in [-0.2, -0.15) is 4.52 Å². The first-order chi connectivity index (χ1) is 12.3. The number of hydrogen-bond acceptors (Lipinski definition) is 6. The maximum absolute atomic E-state index is 5.75. The van der Waals surface area contributed by atoms with Gasteiger partial charge in [-0.25, -0.2) is 0 Å². The molecule has 0 saturated carbocycles. The number of benzene rings is 1. The molecular formula is C18H19N5O2. The summed E-state index contributed by atoms with van der Waals surface area (Å²) >= 11 is 0. The summed E-state index contributed by atoms with van der Waals surface area (Å²) in [6.45, 7) is 4.12. The maximum atomic E-state index is 5.75. The lowest BCUT2D eigenvalue weighted by atomic mass is 10.0. The van der Waals surface area contributed by atoms with Crippen LogP contribution in [0.25, 0.3) is 5.65 Å². The third kappa shape index (κ3) is 2.38. The van der Waals surface area contributed by atoms with Crippen molar-refractivity contribution in [3.05, 3.63) is 41.7 Å². The van der Waals surface area contributed by atoms with E-state index in [0.29, 0.717) is 13.2 Å². The van der Waals surface area contributed by atoms with Crippen LogP contribution in [-0.2, 0) is 0 Å². The van der Waals surface area contributed by atoms with Crippen molar-refractivity contribution in [2.24, 2.45) is 0 Å². The lowest BCUT2D eigenvalue weighted by molar-refractivity contribution is 0.171. The van der Waals surface area contributed by atoms with E-state index in [1.54, 1.807) is 4.52 Å². The molecule has 1 atom stereocenters. The smallest absolute Gasteiger partial charge is 0.178 e. The Hall–Kier alpha value is -2.83. The molecule has 1 fully saturated rings. The van der Waals surface area contributed by atoms with E-state index in [0.717, 1.165) is 48.2 Å². The molecule has 3 aromatic rings. The van der Waals surface area contributed by atoms with Gasteiger partial charge in [0.05, 0.1) is 6.04 Å². The van der Waals surface area contributed by atoms with E-state index in [1.807, 2.05) is 25.1 Å². The molecule has 0 spiro atoms. The molecule has 1 aromatic carbocycles. The van der Waals surface area contributed by atoms with Gasteiger partial charge in [0.1, 0.15) is 19.0 Å². The topological polar surface area (TPSA) is 64.8 Å². The zero-order valence-electron chi connectivity index (χ0n) is 14.1. The SMILES string of the molecule is Cc1nnc2ccc(N3CCCC3c3ccc4c(c3)OCCO4)nn12. The Morgan fingerprint density at radius 2 is 1.92 bits per heavy atom. The number of anilines is 1. The van der Waals surface area contributed by atoms with Gasteiger partial charge in [-0.3, -0.25) is 0 Å². The van der Waals surface area contributed by atoms with Crippen LogP contribution < -0.4 is 14.4 Å². The Balaban J connectivity index is 1.51. The first-order valence-electron chi connectivity index (χ1n) is 8.65. The molecule has 0 bridgehead atoms. The minimum atomic E-state index is 0.289. The minimum absolute atomic E-state index is 0.289. The highest BCUT2D eigenvalue weighted by atomic mass is 16.6. The normalized spacial score (nSPS) is 19.6. The van der Waals surface area contributed by atoms with Crippen molar-refractivity contribution in [2.75, 3.05) is 24.7 Å². The minimum Gasteiger partial charge on any atom is -0.486 e. The number of aryl methyl sites for hydroxylation is 1. The molecule has 4 heterocycles. The number of rotatable bonds is 2. The molecule has 7 nitrogen and oxygen atoms in total. The molecule has 128 valence electrons. The molecule has 0 amide bonds. The molecular weight excluding hydrogens is 318 g/mol. The van der Waals surface area contributed by atoms with E-state index in [1.165, 1.54) is 5.56 Å². The summed E-state index contributed by atoms with van der Waals surface area (Å²) in [5.41, 5.74) is 2.01. The molecule has 2 aliphatic rings. The van der Waals surface area contributed by atoms with Crippen LogP contribution in [0.3, 0.4) is 0 Å². The second-order valence-corrected chi connectivity index (χ2v) is 6.46. The summed E-state index contributed by atoms with van der Waals surface area (Å²) in [4.78, 5) is 2.35. The zero-order chi connectivity index (χ0) is 16.8. The van der Waals surface area contributed by atoms with Gasteiger partial charge < -0.3 is 14.4 Å².